The first-order valence-electron chi connectivity index (χ1n) is 10.3. The molecule has 5 rings (SSSR count). The summed E-state index contributed by atoms with van der Waals surface area (Å²) < 4.78 is 7.14. The SMILES string of the molecule is C=CCn1c(C)nc2c1CC(C(=O)OC)C1=C2NC2(CC1=O)Cc1ccccc1C2. The van der Waals surface area contributed by atoms with Crippen LogP contribution in [-0.2, 0) is 40.1 Å². The van der Waals surface area contributed by atoms with Crippen molar-refractivity contribution in [3.8, 4) is 0 Å². The Kier molecular flexibility index (Phi) is 4.20. The Morgan fingerprint density at radius 1 is 1.33 bits per heavy atom. The van der Waals surface area contributed by atoms with Gasteiger partial charge in [0.25, 0.3) is 0 Å². The fraction of sp³-hybridized carbons (Fsp3) is 0.375. The van der Waals surface area contributed by atoms with E-state index in [0.717, 1.165) is 30.1 Å². The summed E-state index contributed by atoms with van der Waals surface area (Å²) in [5, 5.41) is 3.71. The van der Waals surface area contributed by atoms with Crippen LogP contribution in [0.15, 0.2) is 42.5 Å². The Labute approximate surface area is 175 Å². The quantitative estimate of drug-likeness (QED) is 0.630. The van der Waals surface area contributed by atoms with Crippen molar-refractivity contribution < 1.29 is 14.3 Å². The maximum atomic E-state index is 13.4. The van der Waals surface area contributed by atoms with Crippen molar-refractivity contribution in [1.82, 2.24) is 14.9 Å². The molecular formula is C24H25N3O3. The number of Topliss-reactive ketones (excluding diaryl/α,β-unsaturated/α-hetero) is 1. The number of benzene rings is 1. The third-order valence-electron chi connectivity index (χ3n) is 6.68. The van der Waals surface area contributed by atoms with Crippen molar-refractivity contribution in [2.45, 2.75) is 44.7 Å². The van der Waals surface area contributed by atoms with Crippen LogP contribution in [0, 0.1) is 12.8 Å². The molecule has 154 valence electrons. The lowest BCUT2D eigenvalue weighted by Gasteiger charge is -2.40. The number of hydrogen-bond donors (Lipinski definition) is 1. The van der Waals surface area contributed by atoms with Gasteiger partial charge in [-0.2, -0.15) is 0 Å². The van der Waals surface area contributed by atoms with Gasteiger partial charge in [-0.1, -0.05) is 30.3 Å². The van der Waals surface area contributed by atoms with E-state index >= 15 is 0 Å². The van der Waals surface area contributed by atoms with Crippen LogP contribution in [-0.4, -0.2) is 34.0 Å². The number of carbonyl (C=O) groups is 2. The molecule has 0 saturated heterocycles. The van der Waals surface area contributed by atoms with Crippen LogP contribution >= 0.6 is 0 Å². The summed E-state index contributed by atoms with van der Waals surface area (Å²) in [6.45, 7) is 6.40. The first-order valence-corrected chi connectivity index (χ1v) is 10.3. The van der Waals surface area contributed by atoms with E-state index in [-0.39, 0.29) is 17.3 Å². The number of aryl methyl sites for hydroxylation is 1. The number of nitrogens with one attached hydrogen (secondary N) is 1. The van der Waals surface area contributed by atoms with Gasteiger partial charge in [-0.3, -0.25) is 9.59 Å². The second kappa shape index (κ2) is 6.69. The fourth-order valence-corrected chi connectivity index (χ4v) is 5.41. The molecule has 6 nitrogen and oxygen atoms in total. The predicted octanol–water partition coefficient (Wildman–Crippen LogP) is 2.53. The van der Waals surface area contributed by atoms with Crippen LogP contribution in [0.25, 0.3) is 5.70 Å². The van der Waals surface area contributed by atoms with E-state index in [4.69, 9.17) is 9.72 Å². The molecule has 2 aliphatic carbocycles. The van der Waals surface area contributed by atoms with Gasteiger partial charge in [0.2, 0.25) is 0 Å². The monoisotopic (exact) mass is 403 g/mol. The van der Waals surface area contributed by atoms with Crippen LogP contribution in [0.3, 0.4) is 0 Å². The van der Waals surface area contributed by atoms with Crippen molar-refractivity contribution in [2.24, 2.45) is 5.92 Å². The summed E-state index contributed by atoms with van der Waals surface area (Å²) in [4.78, 5) is 30.9. The molecular weight excluding hydrogens is 378 g/mol. The number of fused-ring (bicyclic) bond motifs is 3. The number of ether oxygens (including phenoxy) is 1. The van der Waals surface area contributed by atoms with Crippen LogP contribution < -0.4 is 5.32 Å². The molecule has 1 unspecified atom stereocenters. The Balaban J connectivity index is 1.65. The lowest BCUT2D eigenvalue weighted by Crippen LogP contribution is -2.53. The maximum Gasteiger partial charge on any atom is 0.313 e. The number of esters is 1. The lowest BCUT2D eigenvalue weighted by atomic mass is 9.75. The molecule has 3 aliphatic rings. The van der Waals surface area contributed by atoms with E-state index < -0.39 is 5.92 Å². The van der Waals surface area contributed by atoms with Crippen LogP contribution in [0.1, 0.15) is 34.8 Å². The summed E-state index contributed by atoms with van der Waals surface area (Å²) in [5.74, 6) is -0.120. The van der Waals surface area contributed by atoms with Gasteiger partial charge in [0, 0.05) is 30.7 Å². The van der Waals surface area contributed by atoms with Crippen molar-refractivity contribution in [1.29, 1.82) is 0 Å². The second-order valence-corrected chi connectivity index (χ2v) is 8.55. The number of imidazole rings is 1. The van der Waals surface area contributed by atoms with E-state index in [1.54, 1.807) is 0 Å². The fourth-order valence-electron chi connectivity index (χ4n) is 5.41. The molecule has 1 spiro atoms. The number of allylic oxidation sites excluding steroid dienone is 1. The number of nitrogens with zero attached hydrogens (tertiary/aromatic N) is 2. The smallest absolute Gasteiger partial charge is 0.313 e. The zero-order chi connectivity index (χ0) is 21.0. The van der Waals surface area contributed by atoms with Crippen molar-refractivity contribution in [3.05, 3.63) is 70.8 Å². The molecule has 6 heteroatoms. The highest BCUT2D eigenvalue weighted by atomic mass is 16.5. The Bertz CT molecular complexity index is 1100. The summed E-state index contributed by atoms with van der Waals surface area (Å²) in [6, 6.07) is 8.35. The van der Waals surface area contributed by atoms with E-state index in [2.05, 4.69) is 28.6 Å². The number of rotatable bonds is 3. The molecule has 0 amide bonds. The summed E-state index contributed by atoms with van der Waals surface area (Å²) >= 11 is 0. The zero-order valence-corrected chi connectivity index (χ0v) is 17.3. The largest absolute Gasteiger partial charge is 0.469 e. The van der Waals surface area contributed by atoms with E-state index in [1.165, 1.54) is 18.2 Å². The Hall–Kier alpha value is -3.15. The Morgan fingerprint density at radius 2 is 2.03 bits per heavy atom. The zero-order valence-electron chi connectivity index (χ0n) is 17.3. The van der Waals surface area contributed by atoms with Crippen LogP contribution in [0.4, 0.5) is 0 Å². The summed E-state index contributed by atoms with van der Waals surface area (Å²) in [5.41, 5.74) is 5.15. The first kappa shape index (κ1) is 18.9. The highest BCUT2D eigenvalue weighted by molar-refractivity contribution is 6.09. The minimum absolute atomic E-state index is 0.0218. The molecule has 0 fully saturated rings. The summed E-state index contributed by atoms with van der Waals surface area (Å²) in [7, 11) is 1.38. The second-order valence-electron chi connectivity index (χ2n) is 8.55. The number of aromatic nitrogens is 2. The average Bonchev–Trinajstić information content (AvgIpc) is 3.24. The van der Waals surface area contributed by atoms with Gasteiger partial charge in [0.1, 0.15) is 11.5 Å². The number of methoxy groups -OCH3 is 1. The van der Waals surface area contributed by atoms with Gasteiger partial charge >= 0.3 is 5.97 Å². The van der Waals surface area contributed by atoms with Gasteiger partial charge < -0.3 is 14.6 Å². The standard InChI is InChI=1S/C24H25N3O3/c1-4-9-27-14(2)25-21-18(27)10-17(23(29)30-3)20-19(28)13-24(26-22(20)21)11-15-7-5-6-8-16(15)12-24/h4-8,17,26H,1,9-13H2,2-3H3. The molecule has 0 radical (unpaired) electrons. The third-order valence-corrected chi connectivity index (χ3v) is 6.68. The van der Waals surface area contributed by atoms with Crippen LogP contribution in [0.2, 0.25) is 0 Å². The Morgan fingerprint density at radius 3 is 2.67 bits per heavy atom. The van der Waals surface area contributed by atoms with Gasteiger partial charge in [0.15, 0.2) is 5.78 Å². The summed E-state index contributed by atoms with van der Waals surface area (Å²) in [6.07, 6.45) is 4.18. The van der Waals surface area contributed by atoms with Gasteiger partial charge in [-0.05, 0) is 30.9 Å². The minimum atomic E-state index is -0.613. The molecule has 1 aromatic heterocycles. The number of carbonyl (C=O) groups excluding carboxylic acids is 2. The lowest BCUT2D eigenvalue weighted by molar-refractivity contribution is -0.145. The normalized spacial score (nSPS) is 21.0. The molecule has 1 N–H and O–H groups in total. The maximum absolute atomic E-state index is 13.4. The molecule has 2 aromatic rings. The minimum Gasteiger partial charge on any atom is -0.469 e. The van der Waals surface area contributed by atoms with E-state index in [0.29, 0.717) is 30.7 Å². The van der Waals surface area contributed by atoms with Gasteiger partial charge in [0.05, 0.1) is 24.3 Å². The molecule has 1 aromatic carbocycles. The highest BCUT2D eigenvalue weighted by Crippen LogP contribution is 2.44. The number of ketones is 1. The van der Waals surface area contributed by atoms with Crippen molar-refractivity contribution in [3.63, 3.8) is 0 Å². The van der Waals surface area contributed by atoms with Gasteiger partial charge in [-0.15, -0.1) is 6.58 Å². The van der Waals surface area contributed by atoms with E-state index in [9.17, 15) is 9.59 Å². The van der Waals surface area contributed by atoms with Gasteiger partial charge in [-0.25, -0.2) is 4.98 Å². The van der Waals surface area contributed by atoms with Crippen molar-refractivity contribution >= 4 is 17.4 Å². The average molecular weight is 403 g/mol. The molecule has 1 atom stereocenters. The molecule has 30 heavy (non-hydrogen) atoms. The highest BCUT2D eigenvalue weighted by Gasteiger charge is 2.49. The van der Waals surface area contributed by atoms with Crippen LogP contribution in [0.5, 0.6) is 0 Å². The first-order chi connectivity index (χ1) is 14.5. The van der Waals surface area contributed by atoms with Crippen molar-refractivity contribution in [2.75, 3.05) is 7.11 Å². The molecule has 1 aliphatic heterocycles. The topological polar surface area (TPSA) is 73.2 Å². The molecule has 0 bridgehead atoms. The predicted molar refractivity (Wildman–Crippen MR) is 113 cm³/mol. The van der Waals surface area contributed by atoms with E-state index in [1.807, 2.05) is 25.1 Å². The molecule has 2 heterocycles. The third kappa shape index (κ3) is 2.66. The number of hydrogen-bond acceptors (Lipinski definition) is 5. The molecule has 0 saturated carbocycles.